The van der Waals surface area contributed by atoms with Gasteiger partial charge in [0.25, 0.3) is 5.91 Å². The van der Waals surface area contributed by atoms with Crippen molar-refractivity contribution in [3.63, 3.8) is 0 Å². The number of halogens is 1. The average molecular weight is 334 g/mol. The summed E-state index contributed by atoms with van der Waals surface area (Å²) in [6, 6.07) is 12.6. The zero-order valence-electron chi connectivity index (χ0n) is 13.4. The number of hydrogen-bond acceptors (Lipinski definition) is 3. The molecule has 0 bridgehead atoms. The van der Waals surface area contributed by atoms with E-state index in [1.807, 2.05) is 38.1 Å². The zero-order valence-corrected chi connectivity index (χ0v) is 14.2. The fourth-order valence-electron chi connectivity index (χ4n) is 2.01. The Morgan fingerprint density at radius 2 is 1.91 bits per heavy atom. The summed E-state index contributed by atoms with van der Waals surface area (Å²) in [5, 5.41) is 3.29. The van der Waals surface area contributed by atoms with E-state index in [1.165, 1.54) is 12.7 Å². The van der Waals surface area contributed by atoms with E-state index in [0.29, 0.717) is 22.9 Å². The second-order valence-electron chi connectivity index (χ2n) is 5.35. The molecule has 2 rings (SSSR count). The predicted molar refractivity (Wildman–Crippen MR) is 91.6 cm³/mol. The molecule has 1 amide bonds. The van der Waals surface area contributed by atoms with Gasteiger partial charge in [0.15, 0.2) is 0 Å². The first-order chi connectivity index (χ1) is 11.0. The van der Waals surface area contributed by atoms with E-state index in [0.717, 1.165) is 5.75 Å². The lowest BCUT2D eigenvalue weighted by atomic mass is 10.2. The molecule has 2 aromatic carbocycles. The van der Waals surface area contributed by atoms with Crippen molar-refractivity contribution in [1.82, 2.24) is 5.32 Å². The van der Waals surface area contributed by atoms with Crippen molar-refractivity contribution in [3.8, 4) is 11.5 Å². The summed E-state index contributed by atoms with van der Waals surface area (Å²) in [5.74, 6) is 1.12. The van der Waals surface area contributed by atoms with Crippen LogP contribution in [-0.2, 0) is 0 Å². The molecular weight excluding hydrogens is 314 g/mol. The highest BCUT2D eigenvalue weighted by molar-refractivity contribution is 6.32. The highest BCUT2D eigenvalue weighted by Gasteiger charge is 2.12. The van der Waals surface area contributed by atoms with Crippen LogP contribution in [0.4, 0.5) is 0 Å². The largest absolute Gasteiger partial charge is 0.495 e. The predicted octanol–water partition coefficient (Wildman–Crippen LogP) is 3.85. The Morgan fingerprint density at radius 3 is 2.52 bits per heavy atom. The highest BCUT2D eigenvalue weighted by Crippen LogP contribution is 2.24. The van der Waals surface area contributed by atoms with Gasteiger partial charge in [-0.3, -0.25) is 4.79 Å². The van der Waals surface area contributed by atoms with Crippen LogP contribution in [0.1, 0.15) is 22.8 Å². The molecular formula is C18H20ClNO3. The van der Waals surface area contributed by atoms with Crippen molar-refractivity contribution >= 4 is 17.5 Å². The van der Waals surface area contributed by atoms with Gasteiger partial charge in [-0.15, -0.1) is 0 Å². The number of amides is 1. The molecule has 0 aliphatic heterocycles. The van der Waals surface area contributed by atoms with E-state index in [2.05, 4.69) is 5.32 Å². The van der Waals surface area contributed by atoms with E-state index in [-0.39, 0.29) is 11.9 Å². The third-order valence-electron chi connectivity index (χ3n) is 3.31. The molecule has 0 saturated heterocycles. The molecule has 122 valence electrons. The van der Waals surface area contributed by atoms with E-state index >= 15 is 0 Å². The molecule has 0 aliphatic carbocycles. The standard InChI is InChI=1S/C18H20ClNO3/c1-12-4-7-15(8-5-12)23-11-13(2)20-18(21)14-6-9-17(22-3)16(19)10-14/h4-10,13H,11H2,1-3H3,(H,20,21)/t13-/m1/s1. The van der Waals surface area contributed by atoms with Crippen LogP contribution in [-0.4, -0.2) is 25.7 Å². The van der Waals surface area contributed by atoms with Crippen molar-refractivity contribution in [1.29, 1.82) is 0 Å². The number of carbonyl (C=O) groups is 1. The number of ether oxygens (including phenoxy) is 2. The molecule has 0 heterocycles. The number of benzene rings is 2. The molecule has 2 aromatic rings. The lowest BCUT2D eigenvalue weighted by molar-refractivity contribution is 0.0926. The van der Waals surface area contributed by atoms with Crippen LogP contribution in [0, 0.1) is 6.92 Å². The summed E-state index contributed by atoms with van der Waals surface area (Å²) in [7, 11) is 1.53. The second kappa shape index (κ2) is 7.88. The van der Waals surface area contributed by atoms with Gasteiger partial charge in [0.05, 0.1) is 18.2 Å². The van der Waals surface area contributed by atoms with E-state index in [9.17, 15) is 4.79 Å². The number of methoxy groups -OCH3 is 1. The number of carbonyl (C=O) groups excluding carboxylic acids is 1. The van der Waals surface area contributed by atoms with E-state index < -0.39 is 0 Å². The molecule has 0 aliphatic rings. The fraction of sp³-hybridized carbons (Fsp3) is 0.278. The van der Waals surface area contributed by atoms with Gasteiger partial charge in [-0.1, -0.05) is 29.3 Å². The normalized spacial score (nSPS) is 11.7. The minimum absolute atomic E-state index is 0.135. The van der Waals surface area contributed by atoms with Crippen molar-refractivity contribution in [2.24, 2.45) is 0 Å². The molecule has 1 N–H and O–H groups in total. The third-order valence-corrected chi connectivity index (χ3v) is 3.61. The molecule has 0 aromatic heterocycles. The van der Waals surface area contributed by atoms with Gasteiger partial charge < -0.3 is 14.8 Å². The summed E-state index contributed by atoms with van der Waals surface area (Å²) in [4.78, 5) is 12.2. The van der Waals surface area contributed by atoms with Crippen LogP contribution in [0.5, 0.6) is 11.5 Å². The number of nitrogens with one attached hydrogen (secondary N) is 1. The Kier molecular flexibility index (Phi) is 5.88. The van der Waals surface area contributed by atoms with E-state index in [4.69, 9.17) is 21.1 Å². The third kappa shape index (κ3) is 4.89. The molecule has 23 heavy (non-hydrogen) atoms. The molecule has 0 spiro atoms. The van der Waals surface area contributed by atoms with Crippen molar-refractivity contribution in [2.45, 2.75) is 19.9 Å². The lowest BCUT2D eigenvalue weighted by Crippen LogP contribution is -2.36. The quantitative estimate of drug-likeness (QED) is 0.873. The topological polar surface area (TPSA) is 47.6 Å². The maximum atomic E-state index is 12.2. The highest BCUT2D eigenvalue weighted by atomic mass is 35.5. The maximum Gasteiger partial charge on any atom is 0.251 e. The lowest BCUT2D eigenvalue weighted by Gasteiger charge is -2.15. The van der Waals surface area contributed by atoms with Gasteiger partial charge in [-0.25, -0.2) is 0 Å². The average Bonchev–Trinajstić information content (AvgIpc) is 2.54. The van der Waals surface area contributed by atoms with Crippen LogP contribution in [0.25, 0.3) is 0 Å². The van der Waals surface area contributed by atoms with Crippen LogP contribution < -0.4 is 14.8 Å². The molecule has 5 heteroatoms. The Labute approximate surface area is 141 Å². The fourth-order valence-corrected chi connectivity index (χ4v) is 2.27. The first kappa shape index (κ1) is 17.2. The molecule has 0 fully saturated rings. The van der Waals surface area contributed by atoms with Gasteiger partial charge in [-0.05, 0) is 44.2 Å². The van der Waals surface area contributed by atoms with E-state index in [1.54, 1.807) is 18.2 Å². The minimum Gasteiger partial charge on any atom is -0.495 e. The van der Waals surface area contributed by atoms with Crippen molar-refractivity contribution < 1.29 is 14.3 Å². The van der Waals surface area contributed by atoms with Gasteiger partial charge >= 0.3 is 0 Å². The monoisotopic (exact) mass is 333 g/mol. The summed E-state index contributed by atoms with van der Waals surface area (Å²) in [5.41, 5.74) is 1.66. The Bertz CT molecular complexity index is 670. The summed E-state index contributed by atoms with van der Waals surface area (Å²) in [6.45, 7) is 4.29. The molecule has 0 radical (unpaired) electrons. The second-order valence-corrected chi connectivity index (χ2v) is 5.76. The maximum absolute atomic E-state index is 12.2. The number of rotatable bonds is 6. The molecule has 1 atom stereocenters. The van der Waals surface area contributed by atoms with Gasteiger partial charge in [0.1, 0.15) is 18.1 Å². The molecule has 0 unspecified atom stereocenters. The van der Waals surface area contributed by atoms with Crippen LogP contribution >= 0.6 is 11.6 Å². The number of aryl methyl sites for hydroxylation is 1. The SMILES string of the molecule is COc1ccc(C(=O)N[C@H](C)COc2ccc(C)cc2)cc1Cl. The first-order valence-electron chi connectivity index (χ1n) is 7.33. The van der Waals surface area contributed by atoms with Crippen LogP contribution in [0.15, 0.2) is 42.5 Å². The van der Waals surface area contributed by atoms with Gasteiger partial charge in [0, 0.05) is 5.56 Å². The Balaban J connectivity index is 1.89. The Morgan fingerprint density at radius 1 is 1.22 bits per heavy atom. The molecule has 0 saturated carbocycles. The van der Waals surface area contributed by atoms with Crippen molar-refractivity contribution in [2.75, 3.05) is 13.7 Å². The zero-order chi connectivity index (χ0) is 16.8. The molecule has 4 nitrogen and oxygen atoms in total. The summed E-state index contributed by atoms with van der Waals surface area (Å²) < 4.78 is 10.7. The smallest absolute Gasteiger partial charge is 0.251 e. The summed E-state index contributed by atoms with van der Waals surface area (Å²) >= 11 is 6.03. The first-order valence-corrected chi connectivity index (χ1v) is 7.71. The number of hydrogen-bond donors (Lipinski definition) is 1. The Hall–Kier alpha value is -2.20. The van der Waals surface area contributed by atoms with Crippen molar-refractivity contribution in [3.05, 3.63) is 58.6 Å². The van der Waals surface area contributed by atoms with Gasteiger partial charge in [0.2, 0.25) is 0 Å². The van der Waals surface area contributed by atoms with Crippen LogP contribution in [0.2, 0.25) is 5.02 Å². The summed E-state index contributed by atoms with van der Waals surface area (Å²) in [6.07, 6.45) is 0. The minimum atomic E-state index is -0.199. The van der Waals surface area contributed by atoms with Crippen LogP contribution in [0.3, 0.4) is 0 Å². The van der Waals surface area contributed by atoms with Gasteiger partial charge in [-0.2, -0.15) is 0 Å².